The van der Waals surface area contributed by atoms with E-state index in [1.54, 1.807) is 0 Å². The van der Waals surface area contributed by atoms with Crippen molar-refractivity contribution in [1.29, 1.82) is 0 Å². The molecule has 0 bridgehead atoms. The second-order valence-corrected chi connectivity index (χ2v) is 64.0. The van der Waals surface area contributed by atoms with Gasteiger partial charge in [-0.15, -0.1) is 0 Å². The zero-order valence-corrected chi connectivity index (χ0v) is 86.3. The predicted molar refractivity (Wildman–Crippen MR) is 601 cm³/mol. The molecule has 4 aliphatic heterocycles. The van der Waals surface area contributed by atoms with Gasteiger partial charge in [0.1, 0.15) is 99.6 Å². The highest BCUT2D eigenvalue weighted by molar-refractivity contribution is 7.08. The molecule has 4 aliphatic carbocycles. The van der Waals surface area contributed by atoms with Crippen molar-refractivity contribution >= 4 is 183 Å². The molecule has 10 heteroatoms. The topological polar surface area (TPSA) is 78.8 Å². The Hall–Kier alpha value is -14.9. The van der Waals surface area contributed by atoms with E-state index in [9.17, 15) is 0 Å². The normalized spacial score (nSPS) is 16.8. The van der Waals surface area contributed by atoms with Gasteiger partial charge in [-0.1, -0.05) is 308 Å². The molecule has 0 fully saturated rings. The molecule has 32 rings (SSSR count). The fourth-order valence-electron chi connectivity index (χ4n) is 29.0. The van der Waals surface area contributed by atoms with E-state index in [2.05, 4.69) is 405 Å². The summed E-state index contributed by atoms with van der Waals surface area (Å²) in [4.78, 5) is 0. The van der Waals surface area contributed by atoms with Gasteiger partial charge in [0.05, 0.1) is 5.56 Å². The number of benzene rings is 18. The Morgan fingerprint density at radius 3 is 0.951 bits per heavy atom. The Balaban J connectivity index is 0.568. The van der Waals surface area contributed by atoms with Crippen LogP contribution in [0.2, 0.25) is 52.4 Å². The summed E-state index contributed by atoms with van der Waals surface area (Å²) in [5.41, 5.74) is 49.4. The third-order valence-electron chi connectivity index (χ3n) is 36.7. The molecule has 0 atom stereocenters. The fraction of sp³-hybridized carbons (Fsp3) is 0.152. The van der Waals surface area contributed by atoms with Gasteiger partial charge in [-0.2, -0.15) is 0 Å². The highest BCUT2D eigenvalue weighted by Gasteiger charge is 2.52. The van der Waals surface area contributed by atoms with Crippen LogP contribution in [0, 0.1) is 0 Å². The first-order chi connectivity index (χ1) is 68.4. The van der Waals surface area contributed by atoms with Crippen molar-refractivity contribution in [2.75, 3.05) is 0 Å². The predicted octanol–water partition coefficient (Wildman–Crippen LogP) is 31.5. The van der Waals surface area contributed by atoms with Crippen LogP contribution in [-0.2, 0) is 21.7 Å². The van der Waals surface area contributed by atoms with Crippen molar-refractivity contribution in [1.82, 2.24) is 0 Å². The molecule has 0 N–H and O–H groups in total. The van der Waals surface area contributed by atoms with E-state index in [4.69, 9.17) is 26.5 Å². The van der Waals surface area contributed by atoms with Crippen LogP contribution in [0.1, 0.15) is 99.9 Å². The molecule has 0 spiro atoms. The molecule has 678 valence electrons. The minimum absolute atomic E-state index is 0.100. The molecule has 0 unspecified atom stereocenters. The zero-order chi connectivity index (χ0) is 95.4. The third-order valence-corrected chi connectivity index (χ3v) is 50.7. The van der Waals surface area contributed by atoms with Gasteiger partial charge in [-0.05, 0) is 295 Å². The van der Waals surface area contributed by atoms with E-state index >= 15 is 0 Å². The Bertz CT molecular complexity index is 10100. The molecule has 0 saturated heterocycles. The van der Waals surface area contributed by atoms with E-state index in [1.165, 1.54) is 202 Å². The molecule has 0 saturated carbocycles. The Kier molecular flexibility index (Phi) is 14.9. The summed E-state index contributed by atoms with van der Waals surface area (Å²) in [5.74, 6) is 1.66. The van der Waals surface area contributed by atoms with Crippen molar-refractivity contribution in [3.63, 3.8) is 0 Å². The maximum atomic E-state index is 7.91. The first-order valence-electron chi connectivity index (χ1n) is 50.7. The van der Waals surface area contributed by atoms with Crippen LogP contribution in [0.15, 0.2) is 330 Å². The van der Waals surface area contributed by atoms with Gasteiger partial charge in [0.25, 0.3) is 0 Å². The van der Waals surface area contributed by atoms with E-state index in [0.29, 0.717) is 0 Å². The number of rotatable bonds is 5. The highest BCUT2D eigenvalue weighted by atomic mass is 28.3. The lowest BCUT2D eigenvalue weighted by atomic mass is 9.79. The average molecular weight is 1890 g/mol. The van der Waals surface area contributed by atoms with Gasteiger partial charge < -0.3 is 26.5 Å². The minimum Gasteiger partial charge on any atom is -0.456 e. The molecule has 24 aromatic rings. The first kappa shape index (κ1) is 80.9. The van der Waals surface area contributed by atoms with Crippen molar-refractivity contribution in [3.8, 4) is 145 Å². The second-order valence-electron chi connectivity index (χ2n) is 46.7. The van der Waals surface area contributed by atoms with Crippen LogP contribution < -0.4 is 41.5 Å². The van der Waals surface area contributed by atoms with Crippen molar-refractivity contribution in [3.05, 3.63) is 348 Å². The van der Waals surface area contributed by atoms with Gasteiger partial charge in [0, 0.05) is 97.8 Å². The molecule has 0 radical (unpaired) electrons. The van der Waals surface area contributed by atoms with E-state index in [0.717, 1.165) is 138 Å². The standard InChI is InChI=1S/C132H98O6Si4/c1-129(2)93-35-23-19-31-73(93)83-55-99-85(57-97(83)129)75-45-43-69(49-95(75)131(99,5)6)81-59-115-121(127-117(81)77-33-21-27-39-103(77)136-127)91-65-109-89(63-111(91)141(115,13)14)119-113(139(109,9)10)60-82(70-44-46-76-86-58-98-84(56-100(86)132(7,8)96(76)50-70)74-32-20-24-36-94(74)130(98,3)4)125-124(119)80-48-42-68(52-106(80)137-125)67-41-47-79-105(51-67)138-128-118(79)87(107-53-71-29-17-25-37-101(71)133-107)61-116-122(128)92-66-110-90(64-112(92)142(116,15)16)120-114(140(110,11)12)62-88(108-54-72-30-18-26-38-102(72)134-108)126-123(120)78-34-22-28-40-104(78)135-126/h17-66H,1-16H3. The molecule has 0 amide bonds. The van der Waals surface area contributed by atoms with Crippen LogP contribution in [0.5, 0.6) is 0 Å². The van der Waals surface area contributed by atoms with Crippen molar-refractivity contribution < 1.29 is 26.5 Å². The zero-order valence-electron chi connectivity index (χ0n) is 82.3. The Morgan fingerprint density at radius 2 is 0.479 bits per heavy atom. The van der Waals surface area contributed by atoms with Gasteiger partial charge in [0.2, 0.25) is 0 Å². The van der Waals surface area contributed by atoms with Crippen molar-refractivity contribution in [2.45, 2.75) is 129 Å². The molecule has 10 heterocycles. The molecular weight excluding hydrogens is 1790 g/mol. The lowest BCUT2D eigenvalue weighted by Gasteiger charge is -2.24. The largest absolute Gasteiger partial charge is 0.456 e. The summed E-state index contributed by atoms with van der Waals surface area (Å²) in [5, 5.41) is 22.6. The maximum Gasteiger partial charge on any atom is 0.147 e. The van der Waals surface area contributed by atoms with E-state index in [1.807, 2.05) is 6.07 Å². The van der Waals surface area contributed by atoms with Crippen LogP contribution in [0.3, 0.4) is 0 Å². The molecule has 6 nitrogen and oxygen atoms in total. The number of furan rings is 6. The number of hydrogen-bond donors (Lipinski definition) is 0. The highest BCUT2D eigenvalue weighted by Crippen LogP contribution is 2.62. The van der Waals surface area contributed by atoms with E-state index in [-0.39, 0.29) is 21.7 Å². The van der Waals surface area contributed by atoms with Crippen LogP contribution in [-0.4, -0.2) is 32.3 Å². The summed E-state index contributed by atoms with van der Waals surface area (Å²) in [6, 6.07) is 117. The fourth-order valence-corrected chi connectivity index (χ4v) is 41.2. The lowest BCUT2D eigenvalue weighted by Crippen LogP contribution is -2.51. The van der Waals surface area contributed by atoms with Crippen LogP contribution in [0.4, 0.5) is 0 Å². The average Bonchev–Trinajstić information content (AvgIpc) is 1.51. The Labute approximate surface area is 826 Å². The van der Waals surface area contributed by atoms with Gasteiger partial charge in [-0.3, -0.25) is 0 Å². The number of hydrogen-bond acceptors (Lipinski definition) is 6. The summed E-state index contributed by atoms with van der Waals surface area (Å²) >= 11 is 0. The molecule has 8 aliphatic rings. The summed E-state index contributed by atoms with van der Waals surface area (Å²) in [6.45, 7) is 40.1. The molecule has 142 heavy (non-hydrogen) atoms. The molecule has 6 aromatic heterocycles. The summed E-state index contributed by atoms with van der Waals surface area (Å²) < 4.78 is 44.1. The minimum atomic E-state index is -2.64. The molecule has 18 aromatic carbocycles. The smallest absolute Gasteiger partial charge is 0.147 e. The number of fused-ring (bicyclic) bond motifs is 42. The van der Waals surface area contributed by atoms with Gasteiger partial charge >= 0.3 is 0 Å². The Morgan fingerprint density at radius 1 is 0.176 bits per heavy atom. The second kappa shape index (κ2) is 26.1. The van der Waals surface area contributed by atoms with E-state index < -0.39 is 32.3 Å². The van der Waals surface area contributed by atoms with Gasteiger partial charge in [0.15, 0.2) is 0 Å². The SMILES string of the molecule is CC1(C)c2ccccc2-c2cc3c(cc21)-c1ccc(-c2cc4c(c5c2oc2cc(-c6ccc7c(c6)oc6c8c(cc(-c9cc%10ccccc%10o9)c67)[Si](C)(C)c6cc7c(cc6-8)[Si](C)(C)c6cc(-c8cc9ccccc9o8)c8oc9ccccc9c8c6-7)ccc25)-c2cc5c(cc2[Si]4(C)C)-c2c(cc(-c4ccc6c(c4)C(C)(C)c4cc7c(cc4-6)C(C)(C)c4ccccc4-7)c4c2oc2ccccc24)[Si]5(C)C)cc1C3(C)C. The quantitative estimate of drug-likeness (QED) is 0.160. The lowest BCUT2D eigenvalue weighted by molar-refractivity contribution is 0.626. The van der Waals surface area contributed by atoms with Crippen LogP contribution >= 0.6 is 0 Å². The third kappa shape index (κ3) is 9.81. The first-order valence-corrected chi connectivity index (χ1v) is 62.7. The molecular formula is C132H98O6Si4. The number of para-hydroxylation sites is 4. The summed E-state index contributed by atoms with van der Waals surface area (Å²) in [6.07, 6.45) is 0. The summed E-state index contributed by atoms with van der Waals surface area (Å²) in [7, 11) is -10.3. The van der Waals surface area contributed by atoms with Crippen molar-refractivity contribution in [2.24, 2.45) is 0 Å². The monoisotopic (exact) mass is 1890 g/mol. The van der Waals surface area contributed by atoms with Crippen LogP contribution in [0.25, 0.3) is 255 Å². The van der Waals surface area contributed by atoms with Gasteiger partial charge in [-0.25, -0.2) is 0 Å². The maximum absolute atomic E-state index is 7.91.